The van der Waals surface area contributed by atoms with E-state index in [-0.39, 0.29) is 11.9 Å². The summed E-state index contributed by atoms with van der Waals surface area (Å²) in [6.45, 7) is 6.46. The van der Waals surface area contributed by atoms with E-state index >= 15 is 0 Å². The van der Waals surface area contributed by atoms with Crippen LogP contribution >= 0.6 is 11.3 Å². The second kappa shape index (κ2) is 9.67. The molecule has 1 aromatic heterocycles. The molecule has 1 N–H and O–H groups in total. The molecule has 1 aliphatic heterocycles. The van der Waals surface area contributed by atoms with Crippen molar-refractivity contribution >= 4 is 22.2 Å². The number of anilines is 1. The minimum Gasteiger partial charge on any atom is -0.497 e. The van der Waals surface area contributed by atoms with Gasteiger partial charge in [-0.3, -0.25) is 9.69 Å². The van der Waals surface area contributed by atoms with Crippen LogP contribution in [0.25, 0.3) is 0 Å². The highest BCUT2D eigenvalue weighted by molar-refractivity contribution is 7.16. The van der Waals surface area contributed by atoms with Crippen LogP contribution in [0.2, 0.25) is 0 Å². The van der Waals surface area contributed by atoms with Crippen molar-refractivity contribution in [3.05, 3.63) is 81.7 Å². The fourth-order valence-corrected chi connectivity index (χ4v) is 5.44. The maximum Gasteiger partial charge on any atom is 0.256 e. The normalized spacial score (nSPS) is 15.5. The van der Waals surface area contributed by atoms with E-state index in [9.17, 15) is 4.79 Å². The first-order valence-electron chi connectivity index (χ1n) is 10.9. The molecule has 2 aromatic carbocycles. The number of nitrogens with one attached hydrogen (secondary N) is 1. The molecule has 0 aliphatic carbocycles. The molecule has 0 saturated carbocycles. The summed E-state index contributed by atoms with van der Waals surface area (Å²) in [4.78, 5) is 16.8. The average Bonchev–Trinajstić information content (AvgIpc) is 3.09. The predicted molar refractivity (Wildman–Crippen MR) is 128 cm³/mol. The third-order valence-electron chi connectivity index (χ3n) is 6.16. The summed E-state index contributed by atoms with van der Waals surface area (Å²) in [5, 5.41) is 4.18. The van der Waals surface area contributed by atoms with Gasteiger partial charge >= 0.3 is 0 Å². The van der Waals surface area contributed by atoms with Gasteiger partial charge in [0.1, 0.15) is 10.8 Å². The van der Waals surface area contributed by atoms with E-state index in [2.05, 4.69) is 36.2 Å². The van der Waals surface area contributed by atoms with Crippen LogP contribution in [0.3, 0.4) is 0 Å². The molecule has 0 bridgehead atoms. The standard InChI is InChI=1S/C26H30N2O2S/c1-18-19(2)31-26(27-25(29)21-10-6-4-7-11-21)23(18)24(28-16-8-5-9-17-28)20-12-14-22(30-3)15-13-20/h4,6-7,10-15,24H,5,8-9,16-17H2,1-3H3,(H,27,29)/t24-/m0/s1. The van der Waals surface area contributed by atoms with Gasteiger partial charge in [-0.15, -0.1) is 11.3 Å². The van der Waals surface area contributed by atoms with Crippen molar-refractivity contribution in [3.8, 4) is 5.75 Å². The second-order valence-corrected chi connectivity index (χ2v) is 9.34. The first kappa shape index (κ1) is 21.6. The minimum absolute atomic E-state index is 0.0600. The SMILES string of the molecule is COc1ccc([C@@H](c2c(NC(=O)c3ccccc3)sc(C)c2C)N2CCCCC2)cc1. The van der Waals surface area contributed by atoms with Gasteiger partial charge in [0.25, 0.3) is 5.91 Å². The number of rotatable bonds is 6. The maximum absolute atomic E-state index is 13.0. The van der Waals surface area contributed by atoms with Gasteiger partial charge in [0.15, 0.2) is 0 Å². The maximum atomic E-state index is 13.0. The molecule has 1 atom stereocenters. The van der Waals surface area contributed by atoms with E-state index in [0.717, 1.165) is 23.8 Å². The molecule has 1 fully saturated rings. The van der Waals surface area contributed by atoms with Gasteiger partial charge in [-0.1, -0.05) is 36.8 Å². The van der Waals surface area contributed by atoms with Gasteiger partial charge in [0.2, 0.25) is 0 Å². The van der Waals surface area contributed by atoms with Crippen molar-refractivity contribution in [3.63, 3.8) is 0 Å². The zero-order valence-corrected chi connectivity index (χ0v) is 19.3. The van der Waals surface area contributed by atoms with E-state index in [4.69, 9.17) is 4.74 Å². The number of aryl methyl sites for hydroxylation is 1. The van der Waals surface area contributed by atoms with Gasteiger partial charge in [0, 0.05) is 16.0 Å². The summed E-state index contributed by atoms with van der Waals surface area (Å²) in [6, 6.07) is 17.9. The fraction of sp³-hybridized carbons (Fsp3) is 0.346. The number of likely N-dealkylation sites (tertiary alicyclic amines) is 1. The van der Waals surface area contributed by atoms with Gasteiger partial charge < -0.3 is 10.1 Å². The summed E-state index contributed by atoms with van der Waals surface area (Å²) in [6.07, 6.45) is 3.70. The lowest BCUT2D eigenvalue weighted by atomic mass is 9.93. The Morgan fingerprint density at radius 3 is 2.32 bits per heavy atom. The summed E-state index contributed by atoms with van der Waals surface area (Å²) >= 11 is 1.68. The summed E-state index contributed by atoms with van der Waals surface area (Å²) in [5.41, 5.74) is 4.40. The lowest BCUT2D eigenvalue weighted by molar-refractivity contribution is 0.102. The van der Waals surface area contributed by atoms with E-state index < -0.39 is 0 Å². The number of benzene rings is 2. The summed E-state index contributed by atoms with van der Waals surface area (Å²) < 4.78 is 5.38. The quantitative estimate of drug-likeness (QED) is 0.502. The van der Waals surface area contributed by atoms with Crippen molar-refractivity contribution in [2.75, 3.05) is 25.5 Å². The molecule has 0 radical (unpaired) electrons. The number of nitrogens with zero attached hydrogens (tertiary/aromatic N) is 1. The first-order chi connectivity index (χ1) is 15.1. The number of carbonyl (C=O) groups is 1. The number of carbonyl (C=O) groups excluding carboxylic acids is 1. The van der Waals surface area contributed by atoms with Gasteiger partial charge in [-0.25, -0.2) is 0 Å². The molecule has 1 aliphatic rings. The molecule has 1 amide bonds. The van der Waals surface area contributed by atoms with Gasteiger partial charge in [0.05, 0.1) is 13.2 Å². The Bertz CT molecular complexity index is 1020. The zero-order valence-electron chi connectivity index (χ0n) is 18.5. The van der Waals surface area contributed by atoms with Crippen molar-refractivity contribution in [2.45, 2.75) is 39.2 Å². The number of piperidine rings is 1. The molecular weight excluding hydrogens is 404 g/mol. The van der Waals surface area contributed by atoms with Crippen LogP contribution in [0.1, 0.15) is 57.2 Å². The molecule has 2 heterocycles. The molecular formula is C26H30N2O2S. The number of thiophene rings is 1. The molecule has 5 heteroatoms. The average molecular weight is 435 g/mol. The zero-order chi connectivity index (χ0) is 21.8. The van der Waals surface area contributed by atoms with E-state index in [1.54, 1.807) is 18.4 Å². The highest BCUT2D eigenvalue weighted by Gasteiger charge is 2.30. The topological polar surface area (TPSA) is 41.6 Å². The molecule has 0 spiro atoms. The van der Waals surface area contributed by atoms with Crippen LogP contribution in [-0.4, -0.2) is 31.0 Å². The van der Waals surface area contributed by atoms with E-state index in [1.807, 2.05) is 42.5 Å². The number of ether oxygens (including phenoxy) is 1. The molecule has 31 heavy (non-hydrogen) atoms. The second-order valence-electron chi connectivity index (χ2n) is 8.12. The number of hydrogen-bond donors (Lipinski definition) is 1. The van der Waals surface area contributed by atoms with Crippen LogP contribution in [-0.2, 0) is 0 Å². The number of hydrogen-bond acceptors (Lipinski definition) is 4. The minimum atomic E-state index is -0.0600. The van der Waals surface area contributed by atoms with Crippen LogP contribution in [0.15, 0.2) is 54.6 Å². The lowest BCUT2D eigenvalue weighted by Gasteiger charge is -2.36. The smallest absolute Gasteiger partial charge is 0.256 e. The highest BCUT2D eigenvalue weighted by Crippen LogP contribution is 2.43. The number of amides is 1. The van der Waals surface area contributed by atoms with Crippen LogP contribution in [0, 0.1) is 13.8 Å². The Kier molecular flexibility index (Phi) is 6.73. The number of methoxy groups -OCH3 is 1. The Morgan fingerprint density at radius 2 is 1.68 bits per heavy atom. The van der Waals surface area contributed by atoms with Crippen molar-refractivity contribution < 1.29 is 9.53 Å². The molecule has 1 saturated heterocycles. The lowest BCUT2D eigenvalue weighted by Crippen LogP contribution is -2.35. The summed E-state index contributed by atoms with van der Waals surface area (Å²) in [5.74, 6) is 0.798. The highest BCUT2D eigenvalue weighted by atomic mass is 32.1. The Morgan fingerprint density at radius 1 is 1.00 bits per heavy atom. The fourth-order valence-electron chi connectivity index (χ4n) is 4.35. The third-order valence-corrected chi connectivity index (χ3v) is 7.29. The van der Waals surface area contributed by atoms with Crippen molar-refractivity contribution in [2.24, 2.45) is 0 Å². The van der Waals surface area contributed by atoms with E-state index in [0.29, 0.717) is 5.56 Å². The van der Waals surface area contributed by atoms with E-state index in [1.165, 1.54) is 40.8 Å². The van der Waals surface area contributed by atoms with Crippen LogP contribution in [0.4, 0.5) is 5.00 Å². The molecule has 3 aromatic rings. The first-order valence-corrected chi connectivity index (χ1v) is 11.7. The van der Waals surface area contributed by atoms with Crippen molar-refractivity contribution in [1.82, 2.24) is 4.90 Å². The van der Waals surface area contributed by atoms with Gasteiger partial charge in [-0.2, -0.15) is 0 Å². The van der Waals surface area contributed by atoms with Gasteiger partial charge in [-0.05, 0) is 75.2 Å². The largest absolute Gasteiger partial charge is 0.497 e. The third kappa shape index (κ3) is 4.68. The monoisotopic (exact) mass is 434 g/mol. The molecule has 0 unspecified atom stereocenters. The Labute approximate surface area is 188 Å². The predicted octanol–water partition coefficient (Wildman–Crippen LogP) is 6.20. The molecule has 4 rings (SSSR count). The van der Waals surface area contributed by atoms with Crippen LogP contribution in [0.5, 0.6) is 5.75 Å². The van der Waals surface area contributed by atoms with Crippen LogP contribution < -0.4 is 10.1 Å². The summed E-state index contributed by atoms with van der Waals surface area (Å²) in [7, 11) is 1.70. The Balaban J connectivity index is 1.75. The molecule has 4 nitrogen and oxygen atoms in total. The van der Waals surface area contributed by atoms with Crippen molar-refractivity contribution in [1.29, 1.82) is 0 Å². The molecule has 162 valence electrons. The Hall–Kier alpha value is -2.63.